The lowest BCUT2D eigenvalue weighted by atomic mass is 10.0. The minimum Gasteiger partial charge on any atom is -0.343 e. The van der Waals surface area contributed by atoms with Gasteiger partial charge in [0.05, 0.1) is 16.6 Å². The van der Waals surface area contributed by atoms with Gasteiger partial charge in [-0.3, -0.25) is 9.78 Å². The number of nitrogens with zero attached hydrogens (tertiary/aromatic N) is 3. The Morgan fingerprint density at radius 3 is 2.47 bits per heavy atom. The molecule has 3 aromatic heterocycles. The highest BCUT2D eigenvalue weighted by Crippen LogP contribution is 2.35. The summed E-state index contributed by atoms with van der Waals surface area (Å²) in [6.45, 7) is 1.92. The molecule has 0 aliphatic carbocycles. The van der Waals surface area contributed by atoms with Gasteiger partial charge in [-0.15, -0.1) is 0 Å². The SMILES string of the molecule is Cc1[nH]c2c(-c3ccccc3)c(-c3cccc(Cl)c3)nn2c(=O)c1-c1ccc2ncccc2c1. The number of hydrogen-bond donors (Lipinski definition) is 1. The normalized spacial score (nSPS) is 11.4. The number of H-pyrrole nitrogens is 1. The van der Waals surface area contributed by atoms with Crippen molar-refractivity contribution in [2.45, 2.75) is 6.92 Å². The van der Waals surface area contributed by atoms with E-state index in [1.165, 1.54) is 4.52 Å². The van der Waals surface area contributed by atoms with Gasteiger partial charge in [0.1, 0.15) is 11.3 Å². The van der Waals surface area contributed by atoms with Gasteiger partial charge in [-0.05, 0) is 48.4 Å². The van der Waals surface area contributed by atoms with Crippen molar-refractivity contribution in [3.63, 3.8) is 0 Å². The predicted octanol–water partition coefficient (Wildman–Crippen LogP) is 6.53. The van der Waals surface area contributed by atoms with Gasteiger partial charge in [0, 0.05) is 27.9 Å². The lowest BCUT2D eigenvalue weighted by Crippen LogP contribution is -2.19. The molecule has 5 nitrogen and oxygen atoms in total. The van der Waals surface area contributed by atoms with Crippen LogP contribution in [0.4, 0.5) is 0 Å². The van der Waals surface area contributed by atoms with E-state index in [2.05, 4.69) is 9.97 Å². The Labute approximate surface area is 200 Å². The number of rotatable bonds is 3. The largest absolute Gasteiger partial charge is 0.343 e. The number of pyridine rings is 1. The summed E-state index contributed by atoms with van der Waals surface area (Å²) in [6.07, 6.45) is 1.76. The van der Waals surface area contributed by atoms with Crippen LogP contribution in [0.2, 0.25) is 5.02 Å². The Bertz CT molecular complexity index is 1750. The van der Waals surface area contributed by atoms with Crippen LogP contribution in [-0.2, 0) is 0 Å². The molecule has 6 aromatic rings. The zero-order valence-electron chi connectivity index (χ0n) is 18.3. The van der Waals surface area contributed by atoms with E-state index in [0.29, 0.717) is 21.9 Å². The van der Waals surface area contributed by atoms with E-state index in [4.69, 9.17) is 16.7 Å². The van der Waals surface area contributed by atoms with Gasteiger partial charge in [-0.2, -0.15) is 9.61 Å². The molecule has 0 saturated carbocycles. The fourth-order valence-electron chi connectivity index (χ4n) is 4.47. The Morgan fingerprint density at radius 1 is 0.824 bits per heavy atom. The van der Waals surface area contributed by atoms with Gasteiger partial charge < -0.3 is 4.98 Å². The Balaban J connectivity index is 1.66. The second-order valence-electron chi connectivity index (χ2n) is 8.20. The second-order valence-corrected chi connectivity index (χ2v) is 8.64. The molecule has 6 rings (SSSR count). The molecule has 0 spiro atoms. The van der Waals surface area contributed by atoms with Crippen molar-refractivity contribution in [1.82, 2.24) is 19.6 Å². The first-order valence-corrected chi connectivity index (χ1v) is 11.3. The molecule has 0 aliphatic rings. The third-order valence-electron chi connectivity index (χ3n) is 6.02. The molecule has 0 atom stereocenters. The van der Waals surface area contributed by atoms with Crippen LogP contribution in [0.1, 0.15) is 5.69 Å². The number of nitrogens with one attached hydrogen (secondary N) is 1. The summed E-state index contributed by atoms with van der Waals surface area (Å²) in [5, 5.41) is 6.38. The highest BCUT2D eigenvalue weighted by molar-refractivity contribution is 6.30. The maximum absolute atomic E-state index is 13.8. The van der Waals surface area contributed by atoms with Crippen LogP contribution in [0.15, 0.2) is 95.9 Å². The lowest BCUT2D eigenvalue weighted by Gasteiger charge is -2.09. The Kier molecular flexibility index (Phi) is 4.78. The van der Waals surface area contributed by atoms with E-state index < -0.39 is 0 Å². The third kappa shape index (κ3) is 3.29. The summed E-state index contributed by atoms with van der Waals surface area (Å²) in [5.74, 6) is 0. The van der Waals surface area contributed by atoms with Crippen molar-refractivity contribution in [3.8, 4) is 33.5 Å². The molecule has 6 heteroatoms. The highest BCUT2D eigenvalue weighted by atomic mass is 35.5. The van der Waals surface area contributed by atoms with Gasteiger partial charge in [0.25, 0.3) is 5.56 Å². The smallest absolute Gasteiger partial charge is 0.282 e. The summed E-state index contributed by atoms with van der Waals surface area (Å²) in [5.41, 5.74) is 6.89. The predicted molar refractivity (Wildman–Crippen MR) is 137 cm³/mol. The maximum Gasteiger partial charge on any atom is 0.282 e. The first kappa shape index (κ1) is 20.4. The van der Waals surface area contributed by atoms with E-state index in [1.807, 2.05) is 91.9 Å². The van der Waals surface area contributed by atoms with Crippen molar-refractivity contribution >= 4 is 28.2 Å². The number of aromatic amines is 1. The summed E-state index contributed by atoms with van der Waals surface area (Å²) in [7, 11) is 0. The van der Waals surface area contributed by atoms with Crippen molar-refractivity contribution < 1.29 is 0 Å². The van der Waals surface area contributed by atoms with Crippen LogP contribution in [-0.4, -0.2) is 19.6 Å². The van der Waals surface area contributed by atoms with E-state index >= 15 is 0 Å². The lowest BCUT2D eigenvalue weighted by molar-refractivity contribution is 0.897. The first-order valence-electron chi connectivity index (χ1n) is 10.9. The molecular formula is C28H19ClN4O. The monoisotopic (exact) mass is 462 g/mol. The van der Waals surface area contributed by atoms with Crippen LogP contribution in [0.5, 0.6) is 0 Å². The van der Waals surface area contributed by atoms with E-state index in [9.17, 15) is 4.79 Å². The Morgan fingerprint density at radius 2 is 1.65 bits per heavy atom. The molecule has 1 N–H and O–H groups in total. The fourth-order valence-corrected chi connectivity index (χ4v) is 4.66. The number of halogens is 1. The molecule has 0 saturated heterocycles. The zero-order chi connectivity index (χ0) is 23.2. The maximum atomic E-state index is 13.8. The van der Waals surface area contributed by atoms with Gasteiger partial charge in [0.15, 0.2) is 0 Å². The van der Waals surface area contributed by atoms with Crippen molar-refractivity contribution in [1.29, 1.82) is 0 Å². The van der Waals surface area contributed by atoms with Crippen molar-refractivity contribution in [2.24, 2.45) is 0 Å². The zero-order valence-corrected chi connectivity index (χ0v) is 19.0. The molecule has 34 heavy (non-hydrogen) atoms. The van der Waals surface area contributed by atoms with Gasteiger partial charge in [0.2, 0.25) is 0 Å². The Hall–Kier alpha value is -4.22. The van der Waals surface area contributed by atoms with E-state index in [-0.39, 0.29) is 5.56 Å². The number of hydrogen-bond acceptors (Lipinski definition) is 3. The van der Waals surface area contributed by atoms with Crippen molar-refractivity contribution in [3.05, 3.63) is 112 Å². The number of aryl methyl sites for hydroxylation is 1. The van der Waals surface area contributed by atoms with Crippen LogP contribution >= 0.6 is 11.6 Å². The molecule has 3 aromatic carbocycles. The highest BCUT2D eigenvalue weighted by Gasteiger charge is 2.21. The molecular weight excluding hydrogens is 444 g/mol. The van der Waals surface area contributed by atoms with Crippen LogP contribution in [0.3, 0.4) is 0 Å². The van der Waals surface area contributed by atoms with Gasteiger partial charge in [-0.1, -0.05) is 66.2 Å². The van der Waals surface area contributed by atoms with Crippen LogP contribution < -0.4 is 5.56 Å². The van der Waals surface area contributed by atoms with Gasteiger partial charge >= 0.3 is 0 Å². The van der Waals surface area contributed by atoms with Gasteiger partial charge in [-0.25, -0.2) is 0 Å². The standard InChI is InChI=1S/C28H19ClN4O/c1-17-24(20-12-13-23-19(15-20)10-6-14-30-23)28(34)33-27(31-17)25(18-7-3-2-4-8-18)26(32-33)21-9-5-11-22(29)16-21/h2-16,31H,1H3. The summed E-state index contributed by atoms with van der Waals surface area (Å²) in [4.78, 5) is 21.7. The molecule has 164 valence electrons. The quantitative estimate of drug-likeness (QED) is 0.325. The molecule has 0 bridgehead atoms. The molecule has 3 heterocycles. The molecule has 0 aliphatic heterocycles. The number of fused-ring (bicyclic) bond motifs is 2. The van der Waals surface area contributed by atoms with E-state index in [1.54, 1.807) is 6.20 Å². The van der Waals surface area contributed by atoms with Crippen LogP contribution in [0.25, 0.3) is 50.1 Å². The minimum absolute atomic E-state index is 0.181. The summed E-state index contributed by atoms with van der Waals surface area (Å²) in [6, 6.07) is 27.2. The fraction of sp³-hybridized carbons (Fsp3) is 0.0357. The third-order valence-corrected chi connectivity index (χ3v) is 6.26. The second kappa shape index (κ2) is 7.97. The first-order chi connectivity index (χ1) is 16.6. The molecule has 0 amide bonds. The topological polar surface area (TPSA) is 63.1 Å². The van der Waals surface area contributed by atoms with E-state index in [0.717, 1.165) is 38.9 Å². The summed E-state index contributed by atoms with van der Waals surface area (Å²) >= 11 is 6.29. The molecule has 0 radical (unpaired) electrons. The number of aromatic nitrogens is 4. The molecule has 0 unspecified atom stereocenters. The number of benzene rings is 3. The average molecular weight is 463 g/mol. The molecule has 0 fully saturated rings. The minimum atomic E-state index is -0.181. The van der Waals surface area contributed by atoms with Crippen molar-refractivity contribution in [2.75, 3.05) is 0 Å². The van der Waals surface area contributed by atoms with Crippen LogP contribution in [0, 0.1) is 6.92 Å². The average Bonchev–Trinajstić information content (AvgIpc) is 3.24. The summed E-state index contributed by atoms with van der Waals surface area (Å²) < 4.78 is 1.47.